The van der Waals surface area contributed by atoms with Crippen molar-refractivity contribution in [2.45, 2.75) is 13.5 Å². The topological polar surface area (TPSA) is 110 Å². The Morgan fingerprint density at radius 1 is 0.881 bits per heavy atom. The van der Waals surface area contributed by atoms with E-state index < -0.39 is 12.6 Å². The molecule has 0 saturated heterocycles. The molecule has 0 aliphatic rings. The molecule has 2 aromatic heterocycles. The second-order valence-corrected chi connectivity index (χ2v) is 9.26. The molecule has 0 radical (unpaired) electrons. The normalized spacial score (nSPS) is 10.8. The first-order valence-corrected chi connectivity index (χ1v) is 13.3. The van der Waals surface area contributed by atoms with Gasteiger partial charge in [0.2, 0.25) is 5.95 Å². The number of aromatic nitrogens is 3. The minimum absolute atomic E-state index is 0.0612. The summed E-state index contributed by atoms with van der Waals surface area (Å²) in [5.74, 6) is -0.175. The number of alkyl halides is 1. The number of ether oxygens (including phenoxy) is 1. The number of amides is 2. The van der Waals surface area contributed by atoms with E-state index in [0.717, 1.165) is 16.7 Å². The third-order valence-electron chi connectivity index (χ3n) is 6.35. The predicted octanol–water partition coefficient (Wildman–Crippen LogP) is 5.31. The number of rotatable bonds is 11. The van der Waals surface area contributed by atoms with Crippen LogP contribution in [0.4, 0.5) is 20.4 Å². The van der Waals surface area contributed by atoms with E-state index in [2.05, 4.69) is 26.0 Å². The molecule has 0 fully saturated rings. The molecule has 9 nitrogen and oxygen atoms in total. The molecule has 3 N–H and O–H groups in total. The summed E-state index contributed by atoms with van der Waals surface area (Å²) in [6, 6.07) is 21.8. The molecular formula is C31H28F2N6O3. The fourth-order valence-electron chi connectivity index (χ4n) is 4.23. The third kappa shape index (κ3) is 6.69. The van der Waals surface area contributed by atoms with Gasteiger partial charge in [-0.1, -0.05) is 24.3 Å². The first-order valence-electron chi connectivity index (χ1n) is 13.3. The van der Waals surface area contributed by atoms with Gasteiger partial charge < -0.3 is 20.7 Å². The Balaban J connectivity index is 1.28. The first-order chi connectivity index (χ1) is 20.4. The molecule has 2 amide bonds. The van der Waals surface area contributed by atoms with E-state index in [9.17, 15) is 18.4 Å². The van der Waals surface area contributed by atoms with Gasteiger partial charge in [0.05, 0.1) is 12.3 Å². The molecule has 0 atom stereocenters. The van der Waals surface area contributed by atoms with Gasteiger partial charge in [-0.15, -0.1) is 5.10 Å². The van der Waals surface area contributed by atoms with Crippen molar-refractivity contribution in [1.29, 1.82) is 0 Å². The molecule has 0 bridgehead atoms. The van der Waals surface area contributed by atoms with Crippen LogP contribution in [-0.4, -0.2) is 46.2 Å². The number of hydrogen-bond donors (Lipinski definition) is 3. The molecule has 0 unspecified atom stereocenters. The summed E-state index contributed by atoms with van der Waals surface area (Å²) in [5, 5.41) is 13.0. The summed E-state index contributed by atoms with van der Waals surface area (Å²) < 4.78 is 32.9. The molecular weight excluding hydrogens is 542 g/mol. The van der Waals surface area contributed by atoms with Crippen LogP contribution >= 0.6 is 0 Å². The SMILES string of the molecule is CCOc1cc(C(=O)NCCF)ccc1Nc1nc2ccc(-c3ccc(C(=O)NCc4ccc(F)cc4)cc3)cn2n1. The van der Waals surface area contributed by atoms with Crippen molar-refractivity contribution in [3.05, 3.63) is 108 Å². The van der Waals surface area contributed by atoms with Crippen molar-refractivity contribution in [1.82, 2.24) is 25.2 Å². The van der Waals surface area contributed by atoms with E-state index in [1.165, 1.54) is 12.1 Å². The molecule has 0 spiro atoms. The van der Waals surface area contributed by atoms with Gasteiger partial charge in [0.15, 0.2) is 5.65 Å². The van der Waals surface area contributed by atoms with Gasteiger partial charge in [-0.3, -0.25) is 9.59 Å². The van der Waals surface area contributed by atoms with Gasteiger partial charge in [0.25, 0.3) is 11.8 Å². The fraction of sp³-hybridized carbons (Fsp3) is 0.161. The largest absolute Gasteiger partial charge is 0.492 e. The predicted molar refractivity (Wildman–Crippen MR) is 155 cm³/mol. The Labute approximate surface area is 240 Å². The van der Waals surface area contributed by atoms with Crippen LogP contribution in [0.1, 0.15) is 33.2 Å². The van der Waals surface area contributed by atoms with Gasteiger partial charge in [-0.2, -0.15) is 4.98 Å². The second-order valence-electron chi connectivity index (χ2n) is 9.26. The number of anilines is 2. The van der Waals surface area contributed by atoms with Crippen molar-refractivity contribution in [2.24, 2.45) is 0 Å². The quantitative estimate of drug-likeness (QED) is 0.199. The standard InChI is InChI=1S/C31H28F2N6O3/c1-2-42-27-17-23(30(41)34-16-15-32)9-13-26(27)36-31-37-28-14-10-24(19-39(28)38-31)21-5-7-22(8-6-21)29(40)35-18-20-3-11-25(33)12-4-20/h3-14,17,19H,2,15-16,18H2,1H3,(H,34,41)(H,35,40)(H,36,38). The number of carbonyl (C=O) groups is 2. The van der Waals surface area contributed by atoms with Crippen LogP contribution in [0.25, 0.3) is 16.8 Å². The van der Waals surface area contributed by atoms with Crippen LogP contribution in [0.3, 0.4) is 0 Å². The highest BCUT2D eigenvalue weighted by atomic mass is 19.1. The Bertz CT molecular complexity index is 1700. The molecule has 0 aliphatic heterocycles. The number of halogens is 2. The van der Waals surface area contributed by atoms with E-state index in [1.807, 2.05) is 37.4 Å². The molecule has 0 saturated carbocycles. The monoisotopic (exact) mass is 570 g/mol. The molecule has 5 aromatic rings. The van der Waals surface area contributed by atoms with Gasteiger partial charge in [-0.25, -0.2) is 13.3 Å². The third-order valence-corrected chi connectivity index (χ3v) is 6.35. The van der Waals surface area contributed by atoms with Crippen molar-refractivity contribution >= 4 is 29.1 Å². The van der Waals surface area contributed by atoms with Gasteiger partial charge in [0.1, 0.15) is 18.2 Å². The molecule has 11 heteroatoms. The highest BCUT2D eigenvalue weighted by molar-refractivity contribution is 5.95. The van der Waals surface area contributed by atoms with Crippen LogP contribution in [-0.2, 0) is 6.54 Å². The number of nitrogens with zero attached hydrogens (tertiary/aromatic N) is 3. The summed E-state index contributed by atoms with van der Waals surface area (Å²) >= 11 is 0. The summed E-state index contributed by atoms with van der Waals surface area (Å²) in [6.07, 6.45) is 1.83. The Morgan fingerprint density at radius 3 is 2.33 bits per heavy atom. The second kappa shape index (κ2) is 12.9. The Morgan fingerprint density at radius 2 is 1.60 bits per heavy atom. The summed E-state index contributed by atoms with van der Waals surface area (Å²) in [4.78, 5) is 29.3. The Hall–Kier alpha value is -5.32. The minimum Gasteiger partial charge on any atom is -0.492 e. The van der Waals surface area contributed by atoms with E-state index in [0.29, 0.717) is 47.3 Å². The number of nitrogens with one attached hydrogen (secondary N) is 3. The lowest BCUT2D eigenvalue weighted by Crippen LogP contribution is -2.25. The molecule has 214 valence electrons. The number of benzene rings is 3. The smallest absolute Gasteiger partial charge is 0.251 e. The zero-order chi connectivity index (χ0) is 29.5. The minimum atomic E-state index is -0.645. The maximum atomic E-state index is 13.1. The molecule has 2 heterocycles. The fourth-order valence-corrected chi connectivity index (χ4v) is 4.23. The van der Waals surface area contributed by atoms with E-state index in [-0.39, 0.29) is 18.3 Å². The van der Waals surface area contributed by atoms with Crippen LogP contribution in [0.2, 0.25) is 0 Å². The maximum absolute atomic E-state index is 13.1. The summed E-state index contributed by atoms with van der Waals surface area (Å²) in [5.41, 5.74) is 4.60. The van der Waals surface area contributed by atoms with Crippen molar-refractivity contribution in [3.8, 4) is 16.9 Å². The van der Waals surface area contributed by atoms with Crippen LogP contribution in [0.5, 0.6) is 5.75 Å². The van der Waals surface area contributed by atoms with Crippen molar-refractivity contribution in [2.75, 3.05) is 25.1 Å². The van der Waals surface area contributed by atoms with Crippen LogP contribution in [0, 0.1) is 5.82 Å². The molecule has 5 rings (SSSR count). The highest BCUT2D eigenvalue weighted by Crippen LogP contribution is 2.29. The number of carbonyl (C=O) groups excluding carboxylic acids is 2. The first kappa shape index (κ1) is 28.2. The molecule has 0 aliphatic carbocycles. The summed E-state index contributed by atoms with van der Waals surface area (Å²) in [6.45, 7) is 1.80. The average molecular weight is 571 g/mol. The summed E-state index contributed by atoms with van der Waals surface area (Å²) in [7, 11) is 0. The molecule has 3 aromatic carbocycles. The van der Waals surface area contributed by atoms with Crippen LogP contribution in [0.15, 0.2) is 85.1 Å². The van der Waals surface area contributed by atoms with E-state index >= 15 is 0 Å². The Kier molecular flexibility index (Phi) is 8.67. The average Bonchev–Trinajstić information content (AvgIpc) is 3.42. The highest BCUT2D eigenvalue weighted by Gasteiger charge is 2.13. The van der Waals surface area contributed by atoms with Gasteiger partial charge in [-0.05, 0) is 72.6 Å². The number of fused-ring (bicyclic) bond motifs is 1. The van der Waals surface area contributed by atoms with Crippen molar-refractivity contribution in [3.63, 3.8) is 0 Å². The zero-order valence-electron chi connectivity index (χ0n) is 22.7. The lowest BCUT2D eigenvalue weighted by molar-refractivity contribution is 0.0942. The lowest BCUT2D eigenvalue weighted by Gasteiger charge is -2.12. The van der Waals surface area contributed by atoms with E-state index in [4.69, 9.17) is 4.74 Å². The number of pyridine rings is 1. The van der Waals surface area contributed by atoms with Gasteiger partial charge in [0, 0.05) is 36.0 Å². The molecule has 42 heavy (non-hydrogen) atoms. The van der Waals surface area contributed by atoms with Crippen molar-refractivity contribution < 1.29 is 23.1 Å². The van der Waals surface area contributed by atoms with E-state index in [1.54, 1.807) is 47.0 Å². The number of hydrogen-bond acceptors (Lipinski definition) is 6. The lowest BCUT2D eigenvalue weighted by atomic mass is 10.1. The maximum Gasteiger partial charge on any atom is 0.251 e. The van der Waals surface area contributed by atoms with Gasteiger partial charge >= 0.3 is 0 Å². The van der Waals surface area contributed by atoms with Crippen LogP contribution < -0.4 is 20.7 Å². The zero-order valence-corrected chi connectivity index (χ0v) is 22.7.